The minimum Gasteiger partial charge on any atom is -0.272 e. The monoisotopic (exact) mass is 315 g/mol. The summed E-state index contributed by atoms with van der Waals surface area (Å²) in [5.74, 6) is 0.315. The van der Waals surface area contributed by atoms with Crippen LogP contribution in [0.25, 0.3) is 0 Å². The van der Waals surface area contributed by atoms with E-state index in [0.29, 0.717) is 12.0 Å². The molecule has 1 aliphatic rings. The molecule has 0 unspecified atom stereocenters. The number of rotatable bonds is 4. The number of halogens is 3. The minimum absolute atomic E-state index is 0.0509. The SMILES string of the molecule is O=[N+]([O-])c1cc(C(F)(F)F)ccc1N/N=C\C1CCCCC1. The molecule has 22 heavy (non-hydrogen) atoms. The van der Waals surface area contributed by atoms with Gasteiger partial charge in [-0.1, -0.05) is 19.3 Å². The molecule has 120 valence electrons. The van der Waals surface area contributed by atoms with Crippen molar-refractivity contribution in [1.82, 2.24) is 0 Å². The van der Waals surface area contributed by atoms with Crippen LogP contribution in [-0.4, -0.2) is 11.1 Å². The smallest absolute Gasteiger partial charge is 0.272 e. The standard InChI is InChI=1S/C14H16F3N3O2/c15-14(16,17)11-6-7-12(13(8-11)20(21)22)19-18-9-10-4-2-1-3-5-10/h6-10,19H,1-5H2/b18-9-. The lowest BCUT2D eigenvalue weighted by Crippen LogP contribution is -2.09. The number of nitro benzene ring substituents is 1. The van der Waals surface area contributed by atoms with E-state index in [0.717, 1.165) is 37.8 Å². The van der Waals surface area contributed by atoms with E-state index in [9.17, 15) is 23.3 Å². The lowest BCUT2D eigenvalue weighted by molar-refractivity contribution is -0.384. The summed E-state index contributed by atoms with van der Waals surface area (Å²) in [5, 5.41) is 14.9. The molecule has 1 aromatic rings. The first-order valence-corrected chi connectivity index (χ1v) is 7.03. The molecule has 2 rings (SSSR count). The van der Waals surface area contributed by atoms with Gasteiger partial charge in [-0.05, 0) is 30.9 Å². The van der Waals surface area contributed by atoms with Crippen LogP contribution in [-0.2, 0) is 6.18 Å². The Kier molecular flexibility index (Phi) is 4.99. The van der Waals surface area contributed by atoms with Crippen molar-refractivity contribution in [3.05, 3.63) is 33.9 Å². The third-order valence-corrected chi connectivity index (χ3v) is 3.64. The third kappa shape index (κ3) is 4.19. The van der Waals surface area contributed by atoms with Gasteiger partial charge in [0, 0.05) is 12.3 Å². The van der Waals surface area contributed by atoms with Crippen molar-refractivity contribution in [3.8, 4) is 0 Å². The second kappa shape index (κ2) is 6.76. The van der Waals surface area contributed by atoms with E-state index in [1.54, 1.807) is 6.21 Å². The Bertz CT molecular complexity index is 567. The Morgan fingerprint density at radius 2 is 1.95 bits per heavy atom. The summed E-state index contributed by atoms with van der Waals surface area (Å²) in [4.78, 5) is 10.1. The Morgan fingerprint density at radius 1 is 1.27 bits per heavy atom. The molecule has 0 aliphatic heterocycles. The van der Waals surface area contributed by atoms with E-state index >= 15 is 0 Å². The maximum absolute atomic E-state index is 12.6. The van der Waals surface area contributed by atoms with Crippen molar-refractivity contribution in [2.45, 2.75) is 38.3 Å². The lowest BCUT2D eigenvalue weighted by Gasteiger charge is -2.16. The van der Waals surface area contributed by atoms with E-state index in [4.69, 9.17) is 0 Å². The fourth-order valence-corrected chi connectivity index (χ4v) is 2.45. The minimum atomic E-state index is -4.62. The maximum atomic E-state index is 12.6. The van der Waals surface area contributed by atoms with Crippen LogP contribution in [0.15, 0.2) is 23.3 Å². The molecule has 1 aliphatic carbocycles. The van der Waals surface area contributed by atoms with Crippen LogP contribution in [0.3, 0.4) is 0 Å². The largest absolute Gasteiger partial charge is 0.416 e. The van der Waals surface area contributed by atoms with Gasteiger partial charge >= 0.3 is 6.18 Å². The van der Waals surface area contributed by atoms with Crippen molar-refractivity contribution < 1.29 is 18.1 Å². The molecule has 0 heterocycles. The van der Waals surface area contributed by atoms with Crippen LogP contribution < -0.4 is 5.43 Å². The quantitative estimate of drug-likeness (QED) is 0.502. The second-order valence-electron chi connectivity index (χ2n) is 5.27. The van der Waals surface area contributed by atoms with Gasteiger partial charge in [0.2, 0.25) is 0 Å². The summed E-state index contributed by atoms with van der Waals surface area (Å²) in [6, 6.07) is 2.34. The van der Waals surface area contributed by atoms with Gasteiger partial charge < -0.3 is 0 Å². The van der Waals surface area contributed by atoms with Crippen molar-refractivity contribution >= 4 is 17.6 Å². The topological polar surface area (TPSA) is 67.5 Å². The number of alkyl halides is 3. The van der Waals surface area contributed by atoms with Gasteiger partial charge in [0.05, 0.1) is 10.5 Å². The molecule has 0 saturated heterocycles. The van der Waals surface area contributed by atoms with Crippen LogP contribution in [0.4, 0.5) is 24.5 Å². The summed E-state index contributed by atoms with van der Waals surface area (Å²) in [7, 11) is 0. The van der Waals surface area contributed by atoms with Crippen LogP contribution >= 0.6 is 0 Å². The van der Waals surface area contributed by atoms with Crippen LogP contribution in [0.2, 0.25) is 0 Å². The van der Waals surface area contributed by atoms with Crippen molar-refractivity contribution in [2.75, 3.05) is 5.43 Å². The highest BCUT2D eigenvalue weighted by molar-refractivity contribution is 5.67. The van der Waals surface area contributed by atoms with Gasteiger partial charge in [-0.15, -0.1) is 0 Å². The zero-order valence-corrected chi connectivity index (χ0v) is 11.8. The molecular formula is C14H16F3N3O2. The van der Waals surface area contributed by atoms with Gasteiger partial charge in [0.15, 0.2) is 0 Å². The number of hydrogen-bond donors (Lipinski definition) is 1. The molecule has 1 saturated carbocycles. The molecule has 0 aromatic heterocycles. The van der Waals surface area contributed by atoms with E-state index < -0.39 is 22.4 Å². The molecular weight excluding hydrogens is 299 g/mol. The van der Waals surface area contributed by atoms with Crippen molar-refractivity contribution in [1.29, 1.82) is 0 Å². The summed E-state index contributed by atoms with van der Waals surface area (Å²) >= 11 is 0. The number of nitrogens with zero attached hydrogens (tertiary/aromatic N) is 2. The first kappa shape index (κ1) is 16.3. The molecule has 5 nitrogen and oxygen atoms in total. The average Bonchev–Trinajstić information content (AvgIpc) is 2.47. The Hall–Kier alpha value is -2.12. The van der Waals surface area contributed by atoms with E-state index in [2.05, 4.69) is 10.5 Å². The molecule has 0 spiro atoms. The van der Waals surface area contributed by atoms with Crippen molar-refractivity contribution in [3.63, 3.8) is 0 Å². The summed E-state index contributed by atoms with van der Waals surface area (Å²) in [6.07, 6.45) is 2.53. The van der Waals surface area contributed by atoms with E-state index in [-0.39, 0.29) is 5.69 Å². The molecule has 0 atom stereocenters. The fourth-order valence-electron chi connectivity index (χ4n) is 2.45. The first-order valence-electron chi connectivity index (χ1n) is 7.03. The summed E-state index contributed by atoms with van der Waals surface area (Å²) in [6.45, 7) is 0. The molecule has 0 radical (unpaired) electrons. The van der Waals surface area contributed by atoms with Crippen LogP contribution in [0.5, 0.6) is 0 Å². The number of nitro groups is 1. The number of benzene rings is 1. The predicted octanol–water partition coefficient (Wildman–Crippen LogP) is 4.59. The van der Waals surface area contributed by atoms with E-state index in [1.165, 1.54) is 6.42 Å². The molecule has 0 amide bonds. The molecule has 8 heteroatoms. The van der Waals surface area contributed by atoms with Gasteiger partial charge in [-0.3, -0.25) is 15.5 Å². The second-order valence-corrected chi connectivity index (χ2v) is 5.27. The lowest BCUT2D eigenvalue weighted by atomic mass is 9.90. The highest BCUT2D eigenvalue weighted by atomic mass is 19.4. The zero-order chi connectivity index (χ0) is 16.2. The highest BCUT2D eigenvalue weighted by Crippen LogP contribution is 2.35. The first-order chi connectivity index (χ1) is 10.4. The predicted molar refractivity (Wildman–Crippen MR) is 76.8 cm³/mol. The van der Waals surface area contributed by atoms with Gasteiger partial charge in [0.1, 0.15) is 5.69 Å². The zero-order valence-electron chi connectivity index (χ0n) is 11.8. The average molecular weight is 315 g/mol. The summed E-state index contributed by atoms with van der Waals surface area (Å²) in [5.41, 5.74) is 0.733. The molecule has 1 aromatic carbocycles. The van der Waals surface area contributed by atoms with Gasteiger partial charge in [-0.2, -0.15) is 18.3 Å². The number of anilines is 1. The number of hydrazone groups is 1. The highest BCUT2D eigenvalue weighted by Gasteiger charge is 2.33. The Morgan fingerprint density at radius 3 is 2.55 bits per heavy atom. The normalized spacial score (nSPS) is 16.9. The fraction of sp³-hybridized carbons (Fsp3) is 0.500. The summed E-state index contributed by atoms with van der Waals surface area (Å²) < 4.78 is 37.8. The Labute approximate surface area is 125 Å². The molecule has 1 N–H and O–H groups in total. The van der Waals surface area contributed by atoms with Crippen molar-refractivity contribution in [2.24, 2.45) is 11.0 Å². The Balaban J connectivity index is 2.12. The van der Waals surface area contributed by atoms with Crippen LogP contribution in [0, 0.1) is 16.0 Å². The molecule has 1 fully saturated rings. The van der Waals surface area contributed by atoms with Gasteiger partial charge in [-0.25, -0.2) is 0 Å². The number of hydrogen-bond acceptors (Lipinski definition) is 4. The van der Waals surface area contributed by atoms with Crippen LogP contribution in [0.1, 0.15) is 37.7 Å². The van der Waals surface area contributed by atoms with Gasteiger partial charge in [0.25, 0.3) is 5.69 Å². The third-order valence-electron chi connectivity index (χ3n) is 3.64. The maximum Gasteiger partial charge on any atom is 0.416 e. The number of nitrogens with one attached hydrogen (secondary N) is 1. The molecule has 0 bridgehead atoms. The van der Waals surface area contributed by atoms with E-state index in [1.807, 2.05) is 0 Å².